The molecule has 0 atom stereocenters. The highest BCUT2D eigenvalue weighted by atomic mass is 32.2. The van der Waals surface area contributed by atoms with Crippen LogP contribution in [0.25, 0.3) is 76.9 Å². The van der Waals surface area contributed by atoms with Gasteiger partial charge in [-0.25, -0.2) is 0 Å². The van der Waals surface area contributed by atoms with Gasteiger partial charge in [-0.15, -0.1) is 0 Å². The molecule has 0 saturated heterocycles. The fourth-order valence-corrected chi connectivity index (χ4v) is 12.7. The molecule has 0 saturated carbocycles. The Morgan fingerprint density at radius 3 is 1.91 bits per heavy atom. The monoisotopic (exact) mass is 912 g/mol. The third-order valence-corrected chi connectivity index (χ3v) is 15.9. The van der Waals surface area contributed by atoms with Crippen LogP contribution in [0.1, 0.15) is 31.9 Å². The molecule has 13 rings (SSSR count). The van der Waals surface area contributed by atoms with Gasteiger partial charge in [0.2, 0.25) is 6.71 Å². The molecule has 2 aliphatic heterocycles. The highest BCUT2D eigenvalue weighted by Gasteiger charge is 2.43. The summed E-state index contributed by atoms with van der Waals surface area (Å²) in [4.78, 5) is 5.09. The summed E-state index contributed by atoms with van der Waals surface area (Å²) in [6.07, 6.45) is 6.00. The van der Waals surface area contributed by atoms with Crippen molar-refractivity contribution in [3.8, 4) is 27.9 Å². The zero-order valence-corrected chi connectivity index (χ0v) is 40.4. The maximum atomic E-state index is 4.42. The quantitative estimate of drug-likeness (QED) is 0.0894. The molecular formula is C66H49BN2S. The Morgan fingerprint density at radius 1 is 0.529 bits per heavy atom. The molecule has 2 nitrogen and oxygen atoms in total. The first-order valence-electron chi connectivity index (χ1n) is 24.3. The van der Waals surface area contributed by atoms with Gasteiger partial charge in [0.1, 0.15) is 0 Å². The van der Waals surface area contributed by atoms with Crippen molar-refractivity contribution in [1.29, 1.82) is 0 Å². The van der Waals surface area contributed by atoms with E-state index in [0.717, 1.165) is 16.8 Å². The molecule has 0 N–H and O–H groups in total. The van der Waals surface area contributed by atoms with Crippen LogP contribution in [0.2, 0.25) is 0 Å². The SMILES string of the molecule is C=C/C=C(\C=C)c1cc(-n2c3ccccc3c3ccccc32)cc2c1Sc1cc(-c3ccc(C(C)(C)C)cc3)cc3c1B2c1cc(-c2ccccc2)ccc1N3c1cccc2ccc3ccccc3c12. The van der Waals surface area contributed by atoms with Gasteiger partial charge in [-0.05, 0) is 120 Å². The summed E-state index contributed by atoms with van der Waals surface area (Å²) in [5.74, 6) is 0. The summed E-state index contributed by atoms with van der Waals surface area (Å²) in [7, 11) is 0. The Balaban J connectivity index is 1.16. The molecule has 0 bridgehead atoms. The van der Waals surface area contributed by atoms with Crippen LogP contribution in [0, 0.1) is 0 Å². The second-order valence-electron chi connectivity index (χ2n) is 19.7. The first-order chi connectivity index (χ1) is 34.3. The highest BCUT2D eigenvalue weighted by Crippen LogP contribution is 2.49. The lowest BCUT2D eigenvalue weighted by Gasteiger charge is -2.41. The van der Waals surface area contributed by atoms with Crippen LogP contribution >= 0.6 is 11.8 Å². The molecule has 0 spiro atoms. The molecule has 0 fully saturated rings. The van der Waals surface area contributed by atoms with Crippen LogP contribution in [0.4, 0.5) is 17.1 Å². The molecule has 0 amide bonds. The van der Waals surface area contributed by atoms with Crippen molar-refractivity contribution < 1.29 is 0 Å². The summed E-state index contributed by atoms with van der Waals surface area (Å²) in [6.45, 7) is 15.4. The molecule has 2 aliphatic rings. The minimum Gasteiger partial charge on any atom is -0.311 e. The number of anilines is 3. The number of rotatable bonds is 7. The van der Waals surface area contributed by atoms with Crippen molar-refractivity contribution in [2.45, 2.75) is 36.0 Å². The third kappa shape index (κ3) is 6.58. The van der Waals surface area contributed by atoms with Crippen molar-refractivity contribution in [2.75, 3.05) is 4.90 Å². The Hall–Kier alpha value is -8.05. The summed E-state index contributed by atoms with van der Waals surface area (Å²) >= 11 is 1.90. The van der Waals surface area contributed by atoms with Crippen LogP contribution in [0.3, 0.4) is 0 Å². The molecule has 332 valence electrons. The average molecular weight is 913 g/mol. The predicted octanol–water partition coefficient (Wildman–Crippen LogP) is 16.2. The molecule has 1 aromatic heterocycles. The normalized spacial score (nSPS) is 13.2. The Morgan fingerprint density at radius 2 is 1.19 bits per heavy atom. The second-order valence-corrected chi connectivity index (χ2v) is 20.8. The van der Waals surface area contributed by atoms with E-state index in [1.807, 2.05) is 23.9 Å². The predicted molar refractivity (Wildman–Crippen MR) is 304 cm³/mol. The molecule has 0 aliphatic carbocycles. The van der Waals surface area contributed by atoms with E-state index in [2.05, 4.69) is 250 Å². The van der Waals surface area contributed by atoms with Gasteiger partial charge >= 0.3 is 0 Å². The largest absolute Gasteiger partial charge is 0.311 e. The maximum absolute atomic E-state index is 4.42. The number of hydrogen-bond acceptors (Lipinski definition) is 2. The van der Waals surface area contributed by atoms with E-state index in [9.17, 15) is 0 Å². The number of fused-ring (bicyclic) bond motifs is 10. The molecule has 11 aromatic rings. The molecule has 70 heavy (non-hydrogen) atoms. The van der Waals surface area contributed by atoms with E-state index in [4.69, 9.17) is 0 Å². The molecule has 3 heterocycles. The molecule has 10 aromatic carbocycles. The van der Waals surface area contributed by atoms with Gasteiger partial charge < -0.3 is 9.47 Å². The van der Waals surface area contributed by atoms with Gasteiger partial charge in [-0.2, -0.15) is 0 Å². The van der Waals surface area contributed by atoms with E-state index in [-0.39, 0.29) is 12.1 Å². The van der Waals surface area contributed by atoms with Gasteiger partial charge in [-0.1, -0.05) is 221 Å². The maximum Gasteiger partial charge on any atom is 0.249 e. The van der Waals surface area contributed by atoms with Gasteiger partial charge in [0.05, 0.1) is 16.7 Å². The molecule has 0 unspecified atom stereocenters. The number of para-hydroxylation sites is 2. The van der Waals surface area contributed by atoms with Gasteiger partial charge in [0, 0.05) is 43.0 Å². The summed E-state index contributed by atoms with van der Waals surface area (Å²) in [5, 5.41) is 7.41. The van der Waals surface area contributed by atoms with Crippen LogP contribution in [-0.2, 0) is 5.41 Å². The van der Waals surface area contributed by atoms with Crippen molar-refractivity contribution in [3.63, 3.8) is 0 Å². The Kier molecular flexibility index (Phi) is 9.80. The summed E-state index contributed by atoms with van der Waals surface area (Å²) in [5.41, 5.74) is 19.2. The summed E-state index contributed by atoms with van der Waals surface area (Å²) < 4.78 is 2.46. The van der Waals surface area contributed by atoms with Crippen LogP contribution in [0.15, 0.2) is 241 Å². The standard InChI is InChI=1S/C66H49BN2S/c1-6-18-42(7-2)54-40-50(68-57-26-15-13-24-52(57)53-25-14-16-27-58(53)68)41-56-65(54)70-62-39-48(44-31-34-49(35-32-44)66(3,4)5)38-61-64(62)67(56)55-37-47(43-19-9-8-10-20-43)33-36-59(55)69(61)60-28-17-22-46-30-29-45-21-11-12-23-51(45)63(46)60/h6-41H,1-2H2,3-5H3/b42-18+. The van der Waals surface area contributed by atoms with Crippen LogP contribution in [-0.4, -0.2) is 11.3 Å². The lowest BCUT2D eigenvalue weighted by molar-refractivity contribution is 0.590. The van der Waals surface area contributed by atoms with Crippen molar-refractivity contribution >= 4 is 101 Å². The number of hydrogen-bond donors (Lipinski definition) is 0. The Labute approximate surface area is 414 Å². The first kappa shape index (κ1) is 42.1. The number of benzene rings is 10. The smallest absolute Gasteiger partial charge is 0.249 e. The minimum absolute atomic E-state index is 0.0414. The zero-order valence-electron chi connectivity index (χ0n) is 39.6. The van der Waals surface area contributed by atoms with Crippen molar-refractivity contribution in [1.82, 2.24) is 4.57 Å². The van der Waals surface area contributed by atoms with E-state index < -0.39 is 0 Å². The number of aromatic nitrogens is 1. The minimum atomic E-state index is -0.109. The van der Waals surface area contributed by atoms with E-state index in [1.54, 1.807) is 0 Å². The Bertz CT molecular complexity index is 3950. The summed E-state index contributed by atoms with van der Waals surface area (Å²) in [6, 6.07) is 75.0. The van der Waals surface area contributed by atoms with E-state index >= 15 is 0 Å². The topological polar surface area (TPSA) is 8.17 Å². The van der Waals surface area contributed by atoms with Gasteiger partial charge in [0.25, 0.3) is 0 Å². The van der Waals surface area contributed by atoms with E-state index in [1.165, 1.54) is 114 Å². The number of allylic oxidation sites excluding steroid dienone is 4. The average Bonchev–Trinajstić information content (AvgIpc) is 3.74. The van der Waals surface area contributed by atoms with Crippen LogP contribution in [0.5, 0.6) is 0 Å². The lowest BCUT2D eigenvalue weighted by Crippen LogP contribution is -2.60. The highest BCUT2D eigenvalue weighted by molar-refractivity contribution is 8.00. The number of nitrogens with zero attached hydrogens (tertiary/aromatic N) is 2. The zero-order chi connectivity index (χ0) is 47.3. The fourth-order valence-electron chi connectivity index (χ4n) is 11.4. The lowest BCUT2D eigenvalue weighted by atomic mass is 9.34. The van der Waals surface area contributed by atoms with E-state index in [0.29, 0.717) is 0 Å². The molecule has 0 radical (unpaired) electrons. The first-order valence-corrected chi connectivity index (χ1v) is 25.1. The second kappa shape index (κ2) is 16.3. The van der Waals surface area contributed by atoms with Gasteiger partial charge in [0.15, 0.2) is 0 Å². The molecule has 4 heteroatoms. The van der Waals surface area contributed by atoms with Crippen LogP contribution < -0.4 is 21.3 Å². The third-order valence-electron chi connectivity index (χ3n) is 14.7. The fraction of sp³-hybridized carbons (Fsp3) is 0.0606. The van der Waals surface area contributed by atoms with Gasteiger partial charge in [-0.3, -0.25) is 0 Å². The molecular weight excluding hydrogens is 864 g/mol. The van der Waals surface area contributed by atoms with Crippen molar-refractivity contribution in [3.05, 3.63) is 243 Å². The van der Waals surface area contributed by atoms with Crippen molar-refractivity contribution in [2.24, 2.45) is 0 Å².